The van der Waals surface area contributed by atoms with Crippen molar-refractivity contribution in [1.82, 2.24) is 10.6 Å². The highest BCUT2D eigenvalue weighted by atomic mass is 35.5. The molecule has 0 heterocycles. The van der Waals surface area contributed by atoms with Crippen molar-refractivity contribution in [3.63, 3.8) is 0 Å². The van der Waals surface area contributed by atoms with Gasteiger partial charge in [-0.15, -0.1) is 0 Å². The summed E-state index contributed by atoms with van der Waals surface area (Å²) in [5, 5.41) is 6.78. The standard InChI is InChI=1S/C16H23ClN2O2/c1-3-8-18-10-12-4-7-15(14(17)9-12)21-11(2)16(20)19-13-5-6-13/h4,7,9,11,13,18H,3,5-6,8,10H2,1-2H3,(H,19,20). The summed E-state index contributed by atoms with van der Waals surface area (Å²) < 4.78 is 5.65. The van der Waals surface area contributed by atoms with E-state index < -0.39 is 6.10 Å². The Morgan fingerprint density at radius 1 is 1.48 bits per heavy atom. The van der Waals surface area contributed by atoms with Gasteiger partial charge in [-0.1, -0.05) is 24.6 Å². The van der Waals surface area contributed by atoms with E-state index in [0.717, 1.165) is 37.9 Å². The van der Waals surface area contributed by atoms with Gasteiger partial charge < -0.3 is 15.4 Å². The molecule has 0 spiro atoms. The first kappa shape index (κ1) is 16.1. The van der Waals surface area contributed by atoms with Crippen LogP contribution in [0.4, 0.5) is 0 Å². The average molecular weight is 311 g/mol. The molecule has 2 N–H and O–H groups in total. The van der Waals surface area contributed by atoms with Crippen LogP contribution in [-0.2, 0) is 11.3 Å². The lowest BCUT2D eigenvalue weighted by molar-refractivity contribution is -0.127. The topological polar surface area (TPSA) is 50.4 Å². The maximum Gasteiger partial charge on any atom is 0.260 e. The highest BCUT2D eigenvalue weighted by molar-refractivity contribution is 6.32. The first-order chi connectivity index (χ1) is 10.1. The van der Waals surface area contributed by atoms with Gasteiger partial charge in [-0.3, -0.25) is 4.79 Å². The molecule has 21 heavy (non-hydrogen) atoms. The highest BCUT2D eigenvalue weighted by Gasteiger charge is 2.26. The number of carbonyl (C=O) groups is 1. The van der Waals surface area contributed by atoms with Crippen molar-refractivity contribution in [2.75, 3.05) is 6.54 Å². The predicted octanol–water partition coefficient (Wildman–Crippen LogP) is 2.89. The summed E-state index contributed by atoms with van der Waals surface area (Å²) in [7, 11) is 0. The quantitative estimate of drug-likeness (QED) is 0.726. The van der Waals surface area contributed by atoms with Crippen LogP contribution in [0.25, 0.3) is 0 Å². The van der Waals surface area contributed by atoms with Crippen LogP contribution in [-0.4, -0.2) is 24.6 Å². The Kier molecular flexibility index (Phi) is 5.88. The van der Waals surface area contributed by atoms with Crippen LogP contribution < -0.4 is 15.4 Å². The average Bonchev–Trinajstić information content (AvgIpc) is 3.26. The van der Waals surface area contributed by atoms with Crippen LogP contribution in [0.5, 0.6) is 5.75 Å². The molecule has 0 aromatic heterocycles. The van der Waals surface area contributed by atoms with Crippen molar-refractivity contribution in [1.29, 1.82) is 0 Å². The molecule has 1 aromatic carbocycles. The number of halogens is 1. The van der Waals surface area contributed by atoms with Gasteiger partial charge in [0.25, 0.3) is 5.91 Å². The molecule has 0 saturated heterocycles. The molecule has 1 unspecified atom stereocenters. The lowest BCUT2D eigenvalue weighted by Crippen LogP contribution is -2.37. The van der Waals surface area contributed by atoms with Crippen molar-refractivity contribution in [3.8, 4) is 5.75 Å². The van der Waals surface area contributed by atoms with Crippen molar-refractivity contribution in [3.05, 3.63) is 28.8 Å². The summed E-state index contributed by atoms with van der Waals surface area (Å²) in [6, 6.07) is 6.01. The van der Waals surface area contributed by atoms with Gasteiger partial charge in [-0.05, 0) is 50.4 Å². The Labute approximate surface area is 131 Å². The van der Waals surface area contributed by atoms with Crippen LogP contribution in [0.15, 0.2) is 18.2 Å². The van der Waals surface area contributed by atoms with Crippen molar-refractivity contribution in [2.24, 2.45) is 0 Å². The summed E-state index contributed by atoms with van der Waals surface area (Å²) in [4.78, 5) is 11.9. The Balaban J connectivity index is 1.88. The van der Waals surface area contributed by atoms with E-state index in [1.807, 2.05) is 18.2 Å². The molecule has 1 saturated carbocycles. The first-order valence-electron chi connectivity index (χ1n) is 7.56. The monoisotopic (exact) mass is 310 g/mol. The molecule has 0 radical (unpaired) electrons. The number of rotatable bonds is 8. The minimum absolute atomic E-state index is 0.0812. The zero-order valence-electron chi connectivity index (χ0n) is 12.6. The Hall–Kier alpha value is -1.26. The molecule has 1 aliphatic carbocycles. The number of carbonyl (C=O) groups excluding carboxylic acids is 1. The van der Waals surface area contributed by atoms with Crippen LogP contribution in [0, 0.1) is 0 Å². The molecule has 2 rings (SSSR count). The van der Waals surface area contributed by atoms with Gasteiger partial charge in [0.1, 0.15) is 5.75 Å². The van der Waals surface area contributed by atoms with Crippen molar-refractivity contribution in [2.45, 2.75) is 51.8 Å². The van der Waals surface area contributed by atoms with Gasteiger partial charge in [-0.2, -0.15) is 0 Å². The van der Waals surface area contributed by atoms with E-state index in [-0.39, 0.29) is 5.91 Å². The van der Waals surface area contributed by atoms with Crippen LogP contribution in [0.1, 0.15) is 38.7 Å². The normalized spacial score (nSPS) is 15.6. The molecule has 4 nitrogen and oxygen atoms in total. The second-order valence-electron chi connectivity index (χ2n) is 5.48. The van der Waals surface area contributed by atoms with E-state index in [1.165, 1.54) is 0 Å². The molecule has 116 valence electrons. The minimum Gasteiger partial charge on any atom is -0.479 e. The summed E-state index contributed by atoms with van der Waals surface area (Å²) in [5.74, 6) is 0.469. The maximum atomic E-state index is 11.9. The van der Waals surface area contributed by atoms with Gasteiger partial charge >= 0.3 is 0 Å². The fraction of sp³-hybridized carbons (Fsp3) is 0.562. The van der Waals surface area contributed by atoms with Crippen molar-refractivity contribution < 1.29 is 9.53 Å². The molecule has 0 aliphatic heterocycles. The highest BCUT2D eigenvalue weighted by Crippen LogP contribution is 2.27. The van der Waals surface area contributed by atoms with E-state index >= 15 is 0 Å². The smallest absolute Gasteiger partial charge is 0.260 e. The number of benzene rings is 1. The predicted molar refractivity (Wildman–Crippen MR) is 84.7 cm³/mol. The summed E-state index contributed by atoms with van der Waals surface area (Å²) in [6.45, 7) is 5.63. The second kappa shape index (κ2) is 7.66. The number of hydrogen-bond acceptors (Lipinski definition) is 3. The van der Waals surface area contributed by atoms with Gasteiger partial charge in [0.2, 0.25) is 0 Å². The SMILES string of the molecule is CCCNCc1ccc(OC(C)C(=O)NC2CC2)c(Cl)c1. The number of nitrogens with one attached hydrogen (secondary N) is 2. The van der Waals surface area contributed by atoms with Crippen LogP contribution in [0.3, 0.4) is 0 Å². The third-order valence-electron chi connectivity index (χ3n) is 3.35. The van der Waals surface area contributed by atoms with E-state index in [9.17, 15) is 4.79 Å². The lowest BCUT2D eigenvalue weighted by Gasteiger charge is -2.16. The summed E-state index contributed by atoms with van der Waals surface area (Å²) in [5.41, 5.74) is 1.11. The minimum atomic E-state index is -0.535. The molecular formula is C16H23ClN2O2. The van der Waals surface area contributed by atoms with Gasteiger partial charge in [0, 0.05) is 12.6 Å². The molecular weight excluding hydrogens is 288 g/mol. The van der Waals surface area contributed by atoms with E-state index in [4.69, 9.17) is 16.3 Å². The first-order valence-corrected chi connectivity index (χ1v) is 7.94. The summed E-state index contributed by atoms with van der Waals surface area (Å²) in [6.07, 6.45) is 2.70. The van der Waals surface area contributed by atoms with Gasteiger partial charge in [0.15, 0.2) is 6.10 Å². The van der Waals surface area contributed by atoms with E-state index in [2.05, 4.69) is 17.6 Å². The molecule has 5 heteroatoms. The number of amides is 1. The molecule has 1 aliphatic rings. The van der Waals surface area contributed by atoms with Gasteiger partial charge in [-0.25, -0.2) is 0 Å². The fourth-order valence-corrected chi connectivity index (χ4v) is 2.20. The summed E-state index contributed by atoms with van der Waals surface area (Å²) >= 11 is 6.22. The molecule has 0 bridgehead atoms. The van der Waals surface area contributed by atoms with Crippen LogP contribution in [0.2, 0.25) is 5.02 Å². The second-order valence-corrected chi connectivity index (χ2v) is 5.89. The largest absolute Gasteiger partial charge is 0.479 e. The lowest BCUT2D eigenvalue weighted by atomic mass is 10.2. The number of hydrogen-bond donors (Lipinski definition) is 2. The zero-order chi connectivity index (χ0) is 15.2. The van der Waals surface area contributed by atoms with E-state index in [1.54, 1.807) is 6.92 Å². The van der Waals surface area contributed by atoms with E-state index in [0.29, 0.717) is 16.8 Å². The maximum absolute atomic E-state index is 11.9. The van der Waals surface area contributed by atoms with Crippen molar-refractivity contribution >= 4 is 17.5 Å². The molecule has 1 fully saturated rings. The Morgan fingerprint density at radius 3 is 2.86 bits per heavy atom. The third-order valence-corrected chi connectivity index (χ3v) is 3.64. The fourth-order valence-electron chi connectivity index (χ4n) is 1.95. The Morgan fingerprint density at radius 2 is 2.24 bits per heavy atom. The number of ether oxygens (including phenoxy) is 1. The van der Waals surface area contributed by atoms with Crippen LogP contribution >= 0.6 is 11.6 Å². The molecule has 1 aromatic rings. The van der Waals surface area contributed by atoms with Gasteiger partial charge in [0.05, 0.1) is 5.02 Å². The Bertz CT molecular complexity index is 489. The molecule has 1 amide bonds. The zero-order valence-corrected chi connectivity index (χ0v) is 13.4. The third kappa shape index (κ3) is 5.21. The molecule has 1 atom stereocenters.